The lowest BCUT2D eigenvalue weighted by atomic mass is 10.1. The number of hydrogen-bond acceptors (Lipinski definition) is 5. The first-order chi connectivity index (χ1) is 8.99. The van der Waals surface area contributed by atoms with Crippen LogP contribution in [0.5, 0.6) is 11.5 Å². The van der Waals surface area contributed by atoms with Crippen molar-refractivity contribution in [2.75, 3.05) is 19.0 Å². The summed E-state index contributed by atoms with van der Waals surface area (Å²) < 4.78 is 9.64. The molecule has 0 saturated carbocycles. The van der Waals surface area contributed by atoms with Crippen molar-refractivity contribution in [2.24, 2.45) is 0 Å². The molecule has 0 heterocycles. The second kappa shape index (κ2) is 6.44. The number of benzene rings is 1. The van der Waals surface area contributed by atoms with Crippen molar-refractivity contribution >= 4 is 17.6 Å². The first kappa shape index (κ1) is 14.6. The molecular weight excluding hydrogens is 250 g/mol. The molecule has 19 heavy (non-hydrogen) atoms. The number of methoxy groups -OCH3 is 1. The Bertz CT molecular complexity index is 510. The van der Waals surface area contributed by atoms with Gasteiger partial charge >= 0.3 is 6.09 Å². The Morgan fingerprint density at radius 2 is 2.16 bits per heavy atom. The molecule has 6 nitrogen and oxygen atoms in total. The van der Waals surface area contributed by atoms with Gasteiger partial charge < -0.3 is 14.6 Å². The lowest BCUT2D eigenvalue weighted by Crippen LogP contribution is -2.15. The highest BCUT2D eigenvalue weighted by Gasteiger charge is 2.15. The van der Waals surface area contributed by atoms with E-state index in [1.54, 1.807) is 0 Å². The van der Waals surface area contributed by atoms with Gasteiger partial charge in [-0.3, -0.25) is 10.1 Å². The molecule has 6 heteroatoms. The van der Waals surface area contributed by atoms with Gasteiger partial charge in [0, 0.05) is 11.6 Å². The van der Waals surface area contributed by atoms with Gasteiger partial charge in [0.15, 0.2) is 17.3 Å². The molecule has 0 aliphatic rings. The second-order valence-corrected chi connectivity index (χ2v) is 3.64. The summed E-state index contributed by atoms with van der Waals surface area (Å²) in [5.41, 5.74) is 0.366. The highest BCUT2D eigenvalue weighted by molar-refractivity contribution is 6.03. The Morgan fingerprint density at radius 1 is 1.47 bits per heavy atom. The number of hydrogen-bond donors (Lipinski definition) is 2. The molecular formula is C13H15NO5. The van der Waals surface area contributed by atoms with Gasteiger partial charge in [-0.25, -0.2) is 4.79 Å². The fourth-order valence-corrected chi connectivity index (χ4v) is 1.41. The summed E-state index contributed by atoms with van der Waals surface area (Å²) in [7, 11) is 1.37. The van der Waals surface area contributed by atoms with Crippen LogP contribution in [0.3, 0.4) is 0 Å². The molecule has 0 bridgehead atoms. The molecule has 1 aromatic carbocycles. The normalized spacial score (nSPS) is 9.58. The van der Waals surface area contributed by atoms with Crippen molar-refractivity contribution in [1.29, 1.82) is 0 Å². The van der Waals surface area contributed by atoms with Crippen LogP contribution in [0.1, 0.15) is 17.3 Å². The average Bonchev–Trinajstić information content (AvgIpc) is 2.36. The molecule has 0 aromatic heterocycles. The highest BCUT2D eigenvalue weighted by Crippen LogP contribution is 2.32. The average molecular weight is 265 g/mol. The summed E-state index contributed by atoms with van der Waals surface area (Å²) >= 11 is 0. The van der Waals surface area contributed by atoms with Crippen LogP contribution in [0, 0.1) is 0 Å². The maximum absolute atomic E-state index is 11.5. The number of anilines is 1. The molecule has 0 saturated heterocycles. The van der Waals surface area contributed by atoms with E-state index in [2.05, 4.69) is 11.9 Å². The van der Waals surface area contributed by atoms with Gasteiger partial charge in [-0.2, -0.15) is 0 Å². The number of phenolic OH excluding ortho intramolecular Hbond substituents is 1. The largest absolute Gasteiger partial charge is 0.504 e. The minimum Gasteiger partial charge on any atom is -0.504 e. The van der Waals surface area contributed by atoms with E-state index in [-0.39, 0.29) is 35.1 Å². The second-order valence-electron chi connectivity index (χ2n) is 3.64. The van der Waals surface area contributed by atoms with E-state index < -0.39 is 6.09 Å². The van der Waals surface area contributed by atoms with Crippen molar-refractivity contribution in [1.82, 2.24) is 0 Å². The minimum atomic E-state index is -0.744. The number of rotatable bonds is 5. The summed E-state index contributed by atoms with van der Waals surface area (Å²) in [6.45, 7) is 4.79. The van der Waals surface area contributed by atoms with Crippen molar-refractivity contribution in [3.63, 3.8) is 0 Å². The van der Waals surface area contributed by atoms with Gasteiger partial charge in [0.1, 0.15) is 6.61 Å². The van der Waals surface area contributed by atoms with Crippen molar-refractivity contribution in [3.05, 3.63) is 30.4 Å². The Morgan fingerprint density at radius 3 is 2.68 bits per heavy atom. The summed E-state index contributed by atoms with van der Waals surface area (Å²) in [6.07, 6.45) is 0.670. The van der Waals surface area contributed by atoms with Crippen LogP contribution < -0.4 is 10.1 Å². The summed E-state index contributed by atoms with van der Waals surface area (Å²) in [6, 6.07) is 2.57. The molecule has 2 N–H and O–H groups in total. The van der Waals surface area contributed by atoms with Crippen LogP contribution in [0.2, 0.25) is 0 Å². The van der Waals surface area contributed by atoms with E-state index in [1.165, 1.54) is 32.2 Å². The zero-order chi connectivity index (χ0) is 14.4. The van der Waals surface area contributed by atoms with E-state index in [0.29, 0.717) is 0 Å². The van der Waals surface area contributed by atoms with Crippen molar-refractivity contribution in [3.8, 4) is 11.5 Å². The Balaban J connectivity index is 3.05. The fraction of sp³-hybridized carbons (Fsp3) is 0.231. The number of aromatic hydroxyl groups is 1. The highest BCUT2D eigenvalue weighted by atomic mass is 16.5. The van der Waals surface area contributed by atoms with Gasteiger partial charge in [0.25, 0.3) is 0 Å². The number of phenols is 1. The Labute approximate surface area is 110 Å². The SMILES string of the molecule is C=CCOC(=O)Nc1cc(O)c(OC)cc1C(C)=O. The maximum Gasteiger partial charge on any atom is 0.411 e. The topological polar surface area (TPSA) is 84.9 Å². The van der Waals surface area contributed by atoms with Crippen LogP contribution in [-0.4, -0.2) is 30.7 Å². The van der Waals surface area contributed by atoms with Crippen molar-refractivity contribution < 1.29 is 24.2 Å². The van der Waals surface area contributed by atoms with E-state index >= 15 is 0 Å². The van der Waals surface area contributed by atoms with Crippen LogP contribution >= 0.6 is 0 Å². The third kappa shape index (κ3) is 3.74. The number of ketones is 1. The number of nitrogens with one attached hydrogen (secondary N) is 1. The quantitative estimate of drug-likeness (QED) is 0.630. The van der Waals surface area contributed by atoms with E-state index in [0.717, 1.165) is 0 Å². The van der Waals surface area contributed by atoms with Gasteiger partial charge in [0.05, 0.1) is 12.8 Å². The number of amides is 1. The van der Waals surface area contributed by atoms with Crippen LogP contribution in [0.15, 0.2) is 24.8 Å². The molecule has 0 atom stereocenters. The van der Waals surface area contributed by atoms with Gasteiger partial charge in [0.2, 0.25) is 0 Å². The number of ether oxygens (including phenoxy) is 2. The summed E-state index contributed by atoms with van der Waals surface area (Å²) in [5, 5.41) is 12.0. The molecule has 0 radical (unpaired) electrons. The standard InChI is InChI=1S/C13H15NO5/c1-4-5-19-13(17)14-10-7-11(16)12(18-3)6-9(10)8(2)15/h4,6-7,16H,1,5H2,2-3H3,(H,14,17). The van der Waals surface area contributed by atoms with Crippen molar-refractivity contribution in [2.45, 2.75) is 6.92 Å². The van der Waals surface area contributed by atoms with E-state index in [1.807, 2.05) is 0 Å². The van der Waals surface area contributed by atoms with Gasteiger partial charge in [-0.1, -0.05) is 12.7 Å². The molecule has 1 rings (SSSR count). The maximum atomic E-state index is 11.5. The zero-order valence-electron chi connectivity index (χ0n) is 10.7. The number of Topliss-reactive ketones (excluding diaryl/α,β-unsaturated/α-hetero) is 1. The summed E-state index contributed by atoms with van der Waals surface area (Å²) in [4.78, 5) is 22.9. The molecule has 0 fully saturated rings. The Hall–Kier alpha value is -2.50. The molecule has 1 amide bonds. The fourth-order valence-electron chi connectivity index (χ4n) is 1.41. The molecule has 0 aliphatic carbocycles. The zero-order valence-corrected chi connectivity index (χ0v) is 10.7. The van der Waals surface area contributed by atoms with E-state index in [9.17, 15) is 14.7 Å². The first-order valence-electron chi connectivity index (χ1n) is 5.46. The molecule has 1 aromatic rings. The predicted molar refractivity (Wildman–Crippen MR) is 69.8 cm³/mol. The van der Waals surface area contributed by atoms with Crippen LogP contribution in [0.4, 0.5) is 10.5 Å². The molecule has 0 unspecified atom stereocenters. The number of carbonyl (C=O) groups excluding carboxylic acids is 2. The third-order valence-corrected chi connectivity index (χ3v) is 2.27. The van der Waals surface area contributed by atoms with E-state index in [4.69, 9.17) is 9.47 Å². The minimum absolute atomic E-state index is 0.0450. The smallest absolute Gasteiger partial charge is 0.411 e. The lowest BCUT2D eigenvalue weighted by molar-refractivity contribution is 0.101. The predicted octanol–water partition coefficient (Wildman–Crippen LogP) is 2.34. The van der Waals surface area contributed by atoms with Crippen LogP contribution in [0.25, 0.3) is 0 Å². The van der Waals surface area contributed by atoms with Gasteiger partial charge in [-0.05, 0) is 13.0 Å². The molecule has 0 spiro atoms. The lowest BCUT2D eigenvalue weighted by Gasteiger charge is -2.12. The molecule has 102 valence electrons. The number of carbonyl (C=O) groups is 2. The molecule has 0 aliphatic heterocycles. The van der Waals surface area contributed by atoms with Gasteiger partial charge in [-0.15, -0.1) is 0 Å². The summed E-state index contributed by atoms with van der Waals surface area (Å²) in [5.74, 6) is -0.320. The third-order valence-electron chi connectivity index (χ3n) is 2.27. The Kier molecular flexibility index (Phi) is 4.93. The monoisotopic (exact) mass is 265 g/mol. The van der Waals surface area contributed by atoms with Crippen LogP contribution in [-0.2, 0) is 4.74 Å². The first-order valence-corrected chi connectivity index (χ1v) is 5.46.